The molecule has 1 aromatic rings. The zero-order valence-electron chi connectivity index (χ0n) is 9.08. The molecule has 1 N–H and O–H groups in total. The molecule has 2 saturated heterocycles. The molecule has 0 aromatic heterocycles. The zero-order chi connectivity index (χ0) is 10.1. The lowest BCUT2D eigenvalue weighted by atomic mass is 9.83. The third-order valence-electron chi connectivity index (χ3n) is 3.96. The smallest absolute Gasteiger partial charge is 0.0361 e. The quantitative estimate of drug-likeness (QED) is 0.784. The van der Waals surface area contributed by atoms with Crippen LogP contribution in [-0.2, 0) is 6.54 Å². The Balaban J connectivity index is 1.69. The van der Waals surface area contributed by atoms with Gasteiger partial charge in [0.1, 0.15) is 0 Å². The summed E-state index contributed by atoms with van der Waals surface area (Å²) in [5, 5.41) is 3.49. The molecule has 1 spiro atoms. The highest BCUT2D eigenvalue weighted by atomic mass is 15.3. The third kappa shape index (κ3) is 1.58. The zero-order valence-corrected chi connectivity index (χ0v) is 9.08. The van der Waals surface area contributed by atoms with Crippen LogP contribution >= 0.6 is 0 Å². The van der Waals surface area contributed by atoms with E-state index in [2.05, 4.69) is 40.5 Å². The van der Waals surface area contributed by atoms with E-state index >= 15 is 0 Å². The van der Waals surface area contributed by atoms with Gasteiger partial charge in [-0.2, -0.15) is 0 Å². The van der Waals surface area contributed by atoms with E-state index in [1.807, 2.05) is 0 Å². The molecule has 1 aromatic carbocycles. The minimum absolute atomic E-state index is 0.510. The molecule has 2 heterocycles. The standard InChI is InChI=1S/C13H18N2/c1-2-4-12(5-3-1)10-15-9-7-13(15)6-8-14-11-13/h1-5,14H,6-11H2/t13-/m0/s1. The van der Waals surface area contributed by atoms with Gasteiger partial charge in [0.15, 0.2) is 0 Å². The average Bonchev–Trinajstić information content (AvgIpc) is 2.77. The van der Waals surface area contributed by atoms with Crippen LogP contribution in [0.3, 0.4) is 0 Å². The van der Waals surface area contributed by atoms with Gasteiger partial charge in [-0.25, -0.2) is 0 Å². The van der Waals surface area contributed by atoms with Crippen molar-refractivity contribution >= 4 is 0 Å². The van der Waals surface area contributed by atoms with Gasteiger partial charge in [0.25, 0.3) is 0 Å². The highest BCUT2D eigenvalue weighted by Gasteiger charge is 2.45. The summed E-state index contributed by atoms with van der Waals surface area (Å²) in [5.74, 6) is 0. The molecule has 0 amide bonds. The van der Waals surface area contributed by atoms with Crippen molar-refractivity contribution in [2.24, 2.45) is 0 Å². The van der Waals surface area contributed by atoms with Gasteiger partial charge in [0.05, 0.1) is 0 Å². The van der Waals surface area contributed by atoms with E-state index in [1.165, 1.54) is 38.0 Å². The van der Waals surface area contributed by atoms with Crippen LogP contribution in [0.2, 0.25) is 0 Å². The minimum Gasteiger partial charge on any atom is -0.315 e. The normalized spacial score (nSPS) is 30.7. The van der Waals surface area contributed by atoms with Gasteiger partial charge >= 0.3 is 0 Å². The van der Waals surface area contributed by atoms with Crippen LogP contribution in [-0.4, -0.2) is 30.1 Å². The molecular formula is C13H18N2. The SMILES string of the molecule is c1ccc(CN2CC[C@]23CCNC3)cc1. The number of hydrogen-bond acceptors (Lipinski definition) is 2. The lowest BCUT2D eigenvalue weighted by molar-refractivity contribution is -0.00613. The fourth-order valence-electron chi connectivity index (χ4n) is 2.85. The second-order valence-corrected chi connectivity index (χ2v) is 4.81. The Kier molecular flexibility index (Phi) is 2.26. The molecule has 2 nitrogen and oxygen atoms in total. The van der Waals surface area contributed by atoms with E-state index in [4.69, 9.17) is 0 Å². The van der Waals surface area contributed by atoms with Crippen LogP contribution in [0.5, 0.6) is 0 Å². The molecule has 3 rings (SSSR count). The van der Waals surface area contributed by atoms with E-state index < -0.39 is 0 Å². The van der Waals surface area contributed by atoms with E-state index in [1.54, 1.807) is 0 Å². The monoisotopic (exact) mass is 202 g/mol. The molecule has 1 atom stereocenters. The number of rotatable bonds is 2. The Morgan fingerprint density at radius 2 is 2.07 bits per heavy atom. The topological polar surface area (TPSA) is 15.3 Å². The van der Waals surface area contributed by atoms with Crippen molar-refractivity contribution in [2.45, 2.75) is 24.9 Å². The predicted molar refractivity (Wildman–Crippen MR) is 61.7 cm³/mol. The van der Waals surface area contributed by atoms with Crippen molar-refractivity contribution in [1.29, 1.82) is 0 Å². The van der Waals surface area contributed by atoms with Crippen LogP contribution < -0.4 is 5.32 Å². The summed E-state index contributed by atoms with van der Waals surface area (Å²) in [6, 6.07) is 10.8. The average molecular weight is 202 g/mol. The molecule has 2 fully saturated rings. The van der Waals surface area contributed by atoms with E-state index in [0.717, 1.165) is 6.54 Å². The summed E-state index contributed by atoms with van der Waals surface area (Å²) >= 11 is 0. The first-order valence-corrected chi connectivity index (χ1v) is 5.89. The first-order valence-electron chi connectivity index (χ1n) is 5.89. The molecule has 2 aliphatic rings. The predicted octanol–water partition coefficient (Wildman–Crippen LogP) is 1.62. The highest BCUT2D eigenvalue weighted by molar-refractivity contribution is 5.17. The number of nitrogens with zero attached hydrogens (tertiary/aromatic N) is 1. The van der Waals surface area contributed by atoms with Crippen molar-refractivity contribution < 1.29 is 0 Å². The molecule has 0 radical (unpaired) electrons. The van der Waals surface area contributed by atoms with Crippen molar-refractivity contribution in [3.8, 4) is 0 Å². The second kappa shape index (κ2) is 3.62. The van der Waals surface area contributed by atoms with Gasteiger partial charge in [-0.15, -0.1) is 0 Å². The van der Waals surface area contributed by atoms with Crippen molar-refractivity contribution in [2.75, 3.05) is 19.6 Å². The number of hydrogen-bond donors (Lipinski definition) is 1. The number of likely N-dealkylation sites (tertiary alicyclic amines) is 1. The lowest BCUT2D eigenvalue weighted by Gasteiger charge is -2.50. The first-order chi connectivity index (χ1) is 7.39. The summed E-state index contributed by atoms with van der Waals surface area (Å²) < 4.78 is 0. The van der Waals surface area contributed by atoms with E-state index in [9.17, 15) is 0 Å². The minimum atomic E-state index is 0.510. The summed E-state index contributed by atoms with van der Waals surface area (Å²) in [6.07, 6.45) is 2.71. The van der Waals surface area contributed by atoms with Gasteiger partial charge in [-0.1, -0.05) is 30.3 Å². The fraction of sp³-hybridized carbons (Fsp3) is 0.538. The third-order valence-corrected chi connectivity index (χ3v) is 3.96. The summed E-state index contributed by atoms with van der Waals surface area (Å²) in [6.45, 7) is 4.80. The van der Waals surface area contributed by atoms with Gasteiger partial charge < -0.3 is 5.32 Å². The van der Waals surface area contributed by atoms with Crippen molar-refractivity contribution in [3.05, 3.63) is 35.9 Å². The first kappa shape index (κ1) is 9.37. The van der Waals surface area contributed by atoms with Crippen LogP contribution in [0.25, 0.3) is 0 Å². The molecule has 0 aliphatic carbocycles. The van der Waals surface area contributed by atoms with Crippen LogP contribution in [0.15, 0.2) is 30.3 Å². The molecule has 2 aliphatic heterocycles. The van der Waals surface area contributed by atoms with Gasteiger partial charge in [-0.05, 0) is 24.9 Å². The van der Waals surface area contributed by atoms with Crippen LogP contribution in [0.1, 0.15) is 18.4 Å². The summed E-state index contributed by atoms with van der Waals surface area (Å²) in [4.78, 5) is 2.64. The van der Waals surface area contributed by atoms with Crippen LogP contribution in [0.4, 0.5) is 0 Å². The molecule has 0 unspecified atom stereocenters. The maximum absolute atomic E-state index is 3.49. The molecule has 80 valence electrons. The molecule has 2 heteroatoms. The van der Waals surface area contributed by atoms with E-state index in [-0.39, 0.29) is 0 Å². The summed E-state index contributed by atoms with van der Waals surface area (Å²) in [7, 11) is 0. The Bertz CT molecular complexity index is 328. The van der Waals surface area contributed by atoms with Crippen molar-refractivity contribution in [3.63, 3.8) is 0 Å². The maximum atomic E-state index is 3.49. The van der Waals surface area contributed by atoms with E-state index in [0.29, 0.717) is 5.54 Å². The van der Waals surface area contributed by atoms with Crippen LogP contribution in [0, 0.1) is 0 Å². The lowest BCUT2D eigenvalue weighted by Crippen LogP contribution is -2.60. The Morgan fingerprint density at radius 1 is 1.20 bits per heavy atom. The Morgan fingerprint density at radius 3 is 2.67 bits per heavy atom. The van der Waals surface area contributed by atoms with Gasteiger partial charge in [-0.3, -0.25) is 4.90 Å². The number of benzene rings is 1. The Hall–Kier alpha value is -0.860. The fourth-order valence-corrected chi connectivity index (χ4v) is 2.85. The second-order valence-electron chi connectivity index (χ2n) is 4.81. The summed E-state index contributed by atoms with van der Waals surface area (Å²) in [5.41, 5.74) is 1.96. The molecule has 15 heavy (non-hydrogen) atoms. The van der Waals surface area contributed by atoms with Gasteiger partial charge in [0.2, 0.25) is 0 Å². The maximum Gasteiger partial charge on any atom is 0.0361 e. The molecule has 0 bridgehead atoms. The van der Waals surface area contributed by atoms with Crippen molar-refractivity contribution in [1.82, 2.24) is 10.2 Å². The van der Waals surface area contributed by atoms with Gasteiger partial charge in [0, 0.05) is 25.2 Å². The number of nitrogens with one attached hydrogen (secondary N) is 1. The highest BCUT2D eigenvalue weighted by Crippen LogP contribution is 2.36. The Labute approximate surface area is 91.3 Å². The molecule has 0 saturated carbocycles. The molecular weight excluding hydrogens is 184 g/mol. The largest absolute Gasteiger partial charge is 0.315 e.